The molecular weight excluding hydrogens is 312 g/mol. The van der Waals surface area contributed by atoms with Crippen molar-refractivity contribution in [1.29, 1.82) is 0 Å². The number of rotatable bonds is 5. The number of aromatic nitrogens is 3. The van der Waals surface area contributed by atoms with Gasteiger partial charge in [0.1, 0.15) is 6.10 Å². The average Bonchev–Trinajstić information content (AvgIpc) is 2.62. The first-order valence-corrected chi connectivity index (χ1v) is 8.54. The van der Waals surface area contributed by atoms with Crippen LogP contribution in [0.5, 0.6) is 6.01 Å². The van der Waals surface area contributed by atoms with Gasteiger partial charge in [-0.15, -0.1) is 11.8 Å². The van der Waals surface area contributed by atoms with E-state index in [9.17, 15) is 4.79 Å². The van der Waals surface area contributed by atoms with Gasteiger partial charge in [0, 0.05) is 36.2 Å². The van der Waals surface area contributed by atoms with Crippen LogP contribution in [0, 0.1) is 0 Å². The molecule has 2 aromatic rings. The molecule has 23 heavy (non-hydrogen) atoms. The zero-order valence-electron chi connectivity index (χ0n) is 12.7. The number of likely N-dealkylation sites (tertiary alicyclic amines) is 1. The summed E-state index contributed by atoms with van der Waals surface area (Å²) in [5.74, 6) is 0.563. The lowest BCUT2D eigenvalue weighted by Crippen LogP contribution is -2.45. The molecule has 1 saturated heterocycles. The van der Waals surface area contributed by atoms with Crippen molar-refractivity contribution in [2.24, 2.45) is 0 Å². The molecule has 0 saturated carbocycles. The zero-order chi connectivity index (χ0) is 15.9. The third-order valence-electron chi connectivity index (χ3n) is 3.56. The lowest BCUT2D eigenvalue weighted by atomic mass is 10.1. The summed E-state index contributed by atoms with van der Waals surface area (Å²) in [5.41, 5.74) is 0. The highest BCUT2D eigenvalue weighted by Gasteiger charge is 2.25. The van der Waals surface area contributed by atoms with Gasteiger partial charge in [0.2, 0.25) is 5.91 Å². The number of carbonyl (C=O) groups is 1. The molecule has 0 radical (unpaired) electrons. The molecule has 3 rings (SSSR count). The van der Waals surface area contributed by atoms with Crippen LogP contribution in [0.4, 0.5) is 0 Å². The fourth-order valence-electron chi connectivity index (χ4n) is 2.43. The van der Waals surface area contributed by atoms with Gasteiger partial charge in [0.15, 0.2) is 0 Å². The topological polar surface area (TPSA) is 68.2 Å². The molecule has 0 spiro atoms. The normalized spacial score (nSPS) is 17.7. The van der Waals surface area contributed by atoms with Crippen LogP contribution in [0.25, 0.3) is 0 Å². The Morgan fingerprint density at radius 1 is 1.26 bits per heavy atom. The summed E-state index contributed by atoms with van der Waals surface area (Å²) in [5, 5.41) is 0. The molecule has 1 fully saturated rings. The van der Waals surface area contributed by atoms with Gasteiger partial charge >= 0.3 is 6.01 Å². The molecule has 1 atom stereocenters. The Bertz CT molecular complexity index is 626. The van der Waals surface area contributed by atoms with E-state index in [-0.39, 0.29) is 12.0 Å². The standard InChI is InChI=1S/C16H18N4O2S/c21-15(12-23-14-4-8-17-9-5-14)20-10-1-3-13(11-20)22-16-18-6-2-7-19-16/h2,4-9,13H,1,3,10-12H2/t13-/m1/s1. The van der Waals surface area contributed by atoms with Crippen LogP contribution in [0.3, 0.4) is 0 Å². The van der Waals surface area contributed by atoms with Crippen molar-refractivity contribution < 1.29 is 9.53 Å². The Morgan fingerprint density at radius 3 is 2.83 bits per heavy atom. The van der Waals surface area contributed by atoms with Crippen LogP contribution in [-0.4, -0.2) is 50.7 Å². The van der Waals surface area contributed by atoms with Crippen molar-refractivity contribution in [2.75, 3.05) is 18.8 Å². The highest BCUT2D eigenvalue weighted by molar-refractivity contribution is 8.00. The van der Waals surface area contributed by atoms with Crippen molar-refractivity contribution in [3.63, 3.8) is 0 Å². The number of nitrogens with zero attached hydrogens (tertiary/aromatic N) is 4. The Labute approximate surface area is 139 Å². The van der Waals surface area contributed by atoms with Gasteiger partial charge in [-0.25, -0.2) is 9.97 Å². The van der Waals surface area contributed by atoms with Crippen LogP contribution >= 0.6 is 11.8 Å². The Kier molecular flexibility index (Phi) is 5.42. The molecule has 7 heteroatoms. The minimum absolute atomic E-state index is 0.0407. The van der Waals surface area contributed by atoms with Crippen LogP contribution < -0.4 is 4.74 Å². The van der Waals surface area contributed by atoms with E-state index in [0.29, 0.717) is 18.3 Å². The summed E-state index contributed by atoms with van der Waals surface area (Å²) < 4.78 is 5.77. The molecule has 1 amide bonds. The largest absolute Gasteiger partial charge is 0.458 e. The predicted octanol–water partition coefficient (Wildman–Crippen LogP) is 2.03. The van der Waals surface area contributed by atoms with Gasteiger partial charge in [-0.2, -0.15) is 0 Å². The second-order valence-electron chi connectivity index (χ2n) is 5.22. The van der Waals surface area contributed by atoms with Crippen molar-refractivity contribution in [3.8, 4) is 6.01 Å². The summed E-state index contributed by atoms with van der Waals surface area (Å²) in [6.07, 6.45) is 8.58. The molecule has 0 aliphatic carbocycles. The van der Waals surface area contributed by atoms with Crippen LogP contribution in [-0.2, 0) is 4.79 Å². The molecule has 3 heterocycles. The lowest BCUT2D eigenvalue weighted by Gasteiger charge is -2.32. The third-order valence-corrected chi connectivity index (χ3v) is 4.55. The maximum Gasteiger partial charge on any atom is 0.316 e. The molecule has 1 aliphatic rings. The summed E-state index contributed by atoms with van der Waals surface area (Å²) >= 11 is 1.53. The van der Waals surface area contributed by atoms with Crippen LogP contribution in [0.2, 0.25) is 0 Å². The van der Waals surface area contributed by atoms with Gasteiger partial charge in [0.05, 0.1) is 12.3 Å². The maximum atomic E-state index is 12.4. The van der Waals surface area contributed by atoms with Gasteiger partial charge in [-0.3, -0.25) is 9.78 Å². The van der Waals surface area contributed by atoms with E-state index in [1.165, 1.54) is 11.8 Å². The molecular formula is C16H18N4O2S. The van der Waals surface area contributed by atoms with Crippen molar-refractivity contribution in [1.82, 2.24) is 19.9 Å². The fourth-order valence-corrected chi connectivity index (χ4v) is 3.21. The predicted molar refractivity (Wildman–Crippen MR) is 87.2 cm³/mol. The molecule has 6 nitrogen and oxygen atoms in total. The number of amides is 1. The SMILES string of the molecule is O=C(CSc1ccncc1)N1CCC[C@@H](Oc2ncccn2)C1. The second-order valence-corrected chi connectivity index (χ2v) is 6.27. The van der Waals surface area contributed by atoms with E-state index in [4.69, 9.17) is 4.74 Å². The number of ether oxygens (including phenoxy) is 1. The fraction of sp³-hybridized carbons (Fsp3) is 0.375. The highest BCUT2D eigenvalue weighted by Crippen LogP contribution is 2.19. The minimum atomic E-state index is -0.0407. The lowest BCUT2D eigenvalue weighted by molar-refractivity contribution is -0.131. The van der Waals surface area contributed by atoms with Gasteiger partial charge in [-0.1, -0.05) is 0 Å². The Morgan fingerprint density at radius 2 is 2.04 bits per heavy atom. The van der Waals surface area contributed by atoms with Crippen LogP contribution in [0.15, 0.2) is 47.9 Å². The van der Waals surface area contributed by atoms with E-state index in [2.05, 4.69) is 15.0 Å². The summed E-state index contributed by atoms with van der Waals surface area (Å²) in [7, 11) is 0. The quantitative estimate of drug-likeness (QED) is 0.782. The molecule has 0 N–H and O–H groups in total. The number of carbonyl (C=O) groups excluding carboxylic acids is 1. The molecule has 0 unspecified atom stereocenters. The molecule has 0 bridgehead atoms. The summed E-state index contributed by atoms with van der Waals surface area (Å²) in [6.45, 7) is 1.37. The monoisotopic (exact) mass is 330 g/mol. The highest BCUT2D eigenvalue weighted by atomic mass is 32.2. The van der Waals surface area contributed by atoms with E-state index in [0.717, 1.165) is 24.3 Å². The Balaban J connectivity index is 1.50. The van der Waals surface area contributed by atoms with E-state index < -0.39 is 0 Å². The zero-order valence-corrected chi connectivity index (χ0v) is 13.5. The van der Waals surface area contributed by atoms with Crippen molar-refractivity contribution in [2.45, 2.75) is 23.8 Å². The molecule has 2 aromatic heterocycles. The Hall–Kier alpha value is -2.15. The molecule has 0 aromatic carbocycles. The van der Waals surface area contributed by atoms with Crippen LogP contribution in [0.1, 0.15) is 12.8 Å². The number of pyridine rings is 1. The van der Waals surface area contributed by atoms with E-state index in [1.807, 2.05) is 17.0 Å². The molecule has 1 aliphatic heterocycles. The maximum absolute atomic E-state index is 12.4. The van der Waals surface area contributed by atoms with Gasteiger partial charge < -0.3 is 9.64 Å². The average molecular weight is 330 g/mol. The van der Waals surface area contributed by atoms with Gasteiger partial charge in [0.25, 0.3) is 0 Å². The number of piperidine rings is 1. The number of hydrogen-bond acceptors (Lipinski definition) is 6. The minimum Gasteiger partial charge on any atom is -0.458 e. The molecule has 120 valence electrons. The van der Waals surface area contributed by atoms with Gasteiger partial charge in [-0.05, 0) is 31.0 Å². The first kappa shape index (κ1) is 15.7. The first-order valence-electron chi connectivity index (χ1n) is 7.55. The number of hydrogen-bond donors (Lipinski definition) is 0. The summed E-state index contributed by atoms with van der Waals surface area (Å²) in [6, 6.07) is 5.94. The first-order chi connectivity index (χ1) is 11.3. The van der Waals surface area contributed by atoms with Crippen molar-refractivity contribution in [3.05, 3.63) is 43.0 Å². The van der Waals surface area contributed by atoms with Crippen molar-refractivity contribution >= 4 is 17.7 Å². The number of thioether (sulfide) groups is 1. The second kappa shape index (κ2) is 7.92. The summed E-state index contributed by atoms with van der Waals surface area (Å²) in [4.78, 5) is 27.4. The van der Waals surface area contributed by atoms with E-state index >= 15 is 0 Å². The smallest absolute Gasteiger partial charge is 0.316 e. The third kappa shape index (κ3) is 4.66. The van der Waals surface area contributed by atoms with E-state index in [1.54, 1.807) is 30.9 Å².